The van der Waals surface area contributed by atoms with Crippen molar-refractivity contribution in [2.45, 2.75) is 12.8 Å². The number of ether oxygens (including phenoxy) is 2. The molecule has 0 atom stereocenters. The van der Waals surface area contributed by atoms with Crippen molar-refractivity contribution in [3.8, 4) is 11.5 Å². The molecule has 2 aromatic rings. The zero-order chi connectivity index (χ0) is 18.5. The Hall–Kier alpha value is -3.02. The van der Waals surface area contributed by atoms with Crippen LogP contribution in [0.1, 0.15) is 23.2 Å². The molecule has 2 amide bonds. The van der Waals surface area contributed by atoms with Crippen molar-refractivity contribution >= 4 is 17.5 Å². The van der Waals surface area contributed by atoms with E-state index in [0.29, 0.717) is 35.7 Å². The van der Waals surface area contributed by atoms with Gasteiger partial charge in [0.05, 0.1) is 25.5 Å². The number of methoxy groups -OCH3 is 2. The average Bonchev–Trinajstić information content (AvgIpc) is 3.10. The van der Waals surface area contributed by atoms with Crippen molar-refractivity contribution in [2.24, 2.45) is 0 Å². The van der Waals surface area contributed by atoms with Crippen molar-refractivity contribution in [1.29, 1.82) is 0 Å². The summed E-state index contributed by atoms with van der Waals surface area (Å²) < 4.78 is 10.8. The number of benzene rings is 2. The van der Waals surface area contributed by atoms with Crippen LogP contribution >= 0.6 is 0 Å². The van der Waals surface area contributed by atoms with Crippen LogP contribution in [0.4, 0.5) is 5.69 Å². The monoisotopic (exact) mass is 354 g/mol. The first-order valence-corrected chi connectivity index (χ1v) is 8.51. The number of likely N-dealkylation sites (tertiary alicyclic amines) is 1. The normalized spacial score (nSPS) is 13.6. The lowest BCUT2D eigenvalue weighted by Gasteiger charge is -2.29. The predicted octanol–water partition coefficient (Wildman–Crippen LogP) is 2.93. The Labute approximate surface area is 152 Å². The number of anilines is 1. The van der Waals surface area contributed by atoms with Gasteiger partial charge >= 0.3 is 0 Å². The van der Waals surface area contributed by atoms with Gasteiger partial charge in [0, 0.05) is 13.0 Å². The molecule has 6 nitrogen and oxygen atoms in total. The fourth-order valence-electron chi connectivity index (χ4n) is 3.09. The zero-order valence-corrected chi connectivity index (χ0v) is 15.0. The summed E-state index contributed by atoms with van der Waals surface area (Å²) in [5.41, 5.74) is 1.05. The number of amides is 2. The van der Waals surface area contributed by atoms with E-state index in [-0.39, 0.29) is 18.5 Å². The first kappa shape index (κ1) is 17.8. The average molecular weight is 354 g/mol. The highest BCUT2D eigenvalue weighted by Gasteiger charge is 2.29. The summed E-state index contributed by atoms with van der Waals surface area (Å²) in [4.78, 5) is 28.7. The highest BCUT2D eigenvalue weighted by atomic mass is 16.5. The molecule has 0 radical (unpaired) electrons. The van der Waals surface area contributed by atoms with Crippen LogP contribution in [0.25, 0.3) is 0 Å². The van der Waals surface area contributed by atoms with E-state index >= 15 is 0 Å². The van der Waals surface area contributed by atoms with Crippen LogP contribution in [-0.2, 0) is 4.79 Å². The van der Waals surface area contributed by atoms with Gasteiger partial charge in [0.2, 0.25) is 5.91 Å². The second-order valence-electron chi connectivity index (χ2n) is 6.01. The summed E-state index contributed by atoms with van der Waals surface area (Å²) in [5.74, 6) is 0.872. The molecular formula is C20H22N2O4. The van der Waals surface area contributed by atoms with Gasteiger partial charge in [-0.25, -0.2) is 0 Å². The quantitative estimate of drug-likeness (QED) is 0.800. The summed E-state index contributed by atoms with van der Waals surface area (Å²) in [5, 5.41) is 0. The molecule has 136 valence electrons. The fourth-order valence-corrected chi connectivity index (χ4v) is 3.09. The van der Waals surface area contributed by atoms with E-state index in [1.807, 2.05) is 24.3 Å². The van der Waals surface area contributed by atoms with E-state index < -0.39 is 0 Å². The van der Waals surface area contributed by atoms with Gasteiger partial charge in [-0.1, -0.05) is 24.3 Å². The van der Waals surface area contributed by atoms with Crippen LogP contribution in [0.15, 0.2) is 48.5 Å². The number of rotatable bonds is 6. The van der Waals surface area contributed by atoms with Crippen molar-refractivity contribution in [1.82, 2.24) is 4.90 Å². The molecular weight excluding hydrogens is 332 g/mol. The molecule has 0 saturated carbocycles. The van der Waals surface area contributed by atoms with E-state index in [1.165, 1.54) is 7.11 Å². The van der Waals surface area contributed by atoms with Gasteiger partial charge in [0.25, 0.3) is 5.91 Å². The van der Waals surface area contributed by atoms with Crippen LogP contribution < -0.4 is 14.4 Å². The third kappa shape index (κ3) is 3.49. The van der Waals surface area contributed by atoms with Crippen LogP contribution in [-0.4, -0.2) is 44.1 Å². The van der Waals surface area contributed by atoms with Crippen LogP contribution in [0.5, 0.6) is 11.5 Å². The van der Waals surface area contributed by atoms with Gasteiger partial charge in [0.1, 0.15) is 18.2 Å². The number of hydrogen-bond donors (Lipinski definition) is 0. The lowest BCUT2D eigenvalue weighted by atomic mass is 10.1. The number of carbonyl (C=O) groups is 2. The van der Waals surface area contributed by atoms with Gasteiger partial charge < -0.3 is 14.4 Å². The maximum atomic E-state index is 13.3. The molecule has 0 unspecified atom stereocenters. The van der Waals surface area contributed by atoms with Crippen molar-refractivity contribution in [2.75, 3.05) is 32.3 Å². The van der Waals surface area contributed by atoms with E-state index in [0.717, 1.165) is 6.42 Å². The van der Waals surface area contributed by atoms with E-state index in [4.69, 9.17) is 9.47 Å². The molecule has 3 rings (SSSR count). The second kappa shape index (κ2) is 7.91. The van der Waals surface area contributed by atoms with Gasteiger partial charge in [0.15, 0.2) is 0 Å². The zero-order valence-electron chi connectivity index (χ0n) is 15.0. The molecule has 0 N–H and O–H groups in total. The van der Waals surface area contributed by atoms with Gasteiger partial charge in [-0.05, 0) is 30.7 Å². The Morgan fingerprint density at radius 1 is 1.04 bits per heavy atom. The number of carbonyl (C=O) groups excluding carboxylic acids is 2. The highest BCUT2D eigenvalue weighted by molar-refractivity contribution is 6.08. The number of nitrogens with zero attached hydrogens (tertiary/aromatic N) is 2. The Balaban J connectivity index is 2.02. The number of hydrogen-bond acceptors (Lipinski definition) is 4. The molecule has 0 bridgehead atoms. The third-order valence-corrected chi connectivity index (χ3v) is 4.44. The summed E-state index contributed by atoms with van der Waals surface area (Å²) in [6.07, 6.45) is 1.32. The SMILES string of the molecule is COc1ccccc1C(=O)N(CN1CCCC1=O)c1ccccc1OC. The summed E-state index contributed by atoms with van der Waals surface area (Å²) in [6.45, 7) is 0.819. The molecule has 1 fully saturated rings. The summed E-state index contributed by atoms with van der Waals surface area (Å²) in [7, 11) is 3.09. The number of para-hydroxylation sites is 3. The van der Waals surface area contributed by atoms with Gasteiger partial charge in [-0.2, -0.15) is 0 Å². The van der Waals surface area contributed by atoms with Crippen molar-refractivity contribution in [3.63, 3.8) is 0 Å². The third-order valence-electron chi connectivity index (χ3n) is 4.44. The molecule has 1 saturated heterocycles. The molecule has 26 heavy (non-hydrogen) atoms. The topological polar surface area (TPSA) is 59.1 Å². The second-order valence-corrected chi connectivity index (χ2v) is 6.01. The maximum Gasteiger partial charge on any atom is 0.263 e. The maximum absolute atomic E-state index is 13.3. The minimum atomic E-state index is -0.244. The highest BCUT2D eigenvalue weighted by Crippen LogP contribution is 2.31. The van der Waals surface area contributed by atoms with E-state index in [1.54, 1.807) is 41.2 Å². The Morgan fingerprint density at radius 2 is 1.69 bits per heavy atom. The summed E-state index contributed by atoms with van der Waals surface area (Å²) >= 11 is 0. The molecule has 1 aliphatic heterocycles. The Kier molecular flexibility index (Phi) is 5.41. The largest absolute Gasteiger partial charge is 0.496 e. The van der Waals surface area contributed by atoms with Crippen LogP contribution in [0.2, 0.25) is 0 Å². The first-order valence-electron chi connectivity index (χ1n) is 8.51. The minimum Gasteiger partial charge on any atom is -0.496 e. The lowest BCUT2D eigenvalue weighted by molar-refractivity contribution is -0.127. The Bertz CT molecular complexity index is 806. The van der Waals surface area contributed by atoms with Gasteiger partial charge in [-0.15, -0.1) is 0 Å². The fraction of sp³-hybridized carbons (Fsp3) is 0.300. The van der Waals surface area contributed by atoms with Crippen LogP contribution in [0, 0.1) is 0 Å². The van der Waals surface area contributed by atoms with Crippen molar-refractivity contribution < 1.29 is 19.1 Å². The molecule has 0 aromatic heterocycles. The summed E-state index contributed by atoms with van der Waals surface area (Å²) in [6, 6.07) is 14.4. The Morgan fingerprint density at radius 3 is 2.35 bits per heavy atom. The molecule has 0 aliphatic carbocycles. The minimum absolute atomic E-state index is 0.0534. The van der Waals surface area contributed by atoms with Gasteiger partial charge in [-0.3, -0.25) is 14.5 Å². The molecule has 6 heteroatoms. The molecule has 1 heterocycles. The molecule has 1 aliphatic rings. The van der Waals surface area contributed by atoms with E-state index in [2.05, 4.69) is 0 Å². The lowest BCUT2D eigenvalue weighted by Crippen LogP contribution is -2.42. The molecule has 2 aromatic carbocycles. The predicted molar refractivity (Wildman–Crippen MR) is 98.6 cm³/mol. The van der Waals surface area contributed by atoms with E-state index in [9.17, 15) is 9.59 Å². The van der Waals surface area contributed by atoms with Crippen LogP contribution in [0.3, 0.4) is 0 Å². The molecule has 0 spiro atoms. The van der Waals surface area contributed by atoms with Crippen molar-refractivity contribution in [3.05, 3.63) is 54.1 Å². The smallest absolute Gasteiger partial charge is 0.263 e. The first-order chi connectivity index (χ1) is 12.7. The standard InChI is InChI=1S/C20H22N2O4/c1-25-17-10-5-3-8-15(17)20(24)22(14-21-13-7-12-19(21)23)16-9-4-6-11-18(16)26-2/h3-6,8-11H,7,12-14H2,1-2H3.